The fraction of sp³-hybridized carbons (Fsp3) is 0.444. The van der Waals surface area contributed by atoms with Crippen molar-refractivity contribution in [1.29, 1.82) is 0 Å². The Labute approximate surface area is 78.7 Å². The maximum Gasteiger partial charge on any atom is 0.123 e. The molecule has 4 heteroatoms. The fourth-order valence-electron chi connectivity index (χ4n) is 1.23. The molecule has 1 aromatic heterocycles. The Hall–Kier alpha value is -0.820. The predicted octanol–water partition coefficient (Wildman–Crippen LogP) is 1.69. The van der Waals surface area contributed by atoms with E-state index >= 15 is 0 Å². The van der Waals surface area contributed by atoms with Gasteiger partial charge in [-0.2, -0.15) is 0 Å². The SMILES string of the molecule is CCP(=O)(CC)c1ccc(N)nc1. The first-order valence-electron chi connectivity index (χ1n) is 4.42. The van der Waals surface area contributed by atoms with Gasteiger partial charge in [0.2, 0.25) is 0 Å². The van der Waals surface area contributed by atoms with Crippen LogP contribution in [0, 0.1) is 0 Å². The Balaban J connectivity index is 3.07. The van der Waals surface area contributed by atoms with Crippen LogP contribution in [0.25, 0.3) is 0 Å². The summed E-state index contributed by atoms with van der Waals surface area (Å²) in [7, 11) is -2.17. The van der Waals surface area contributed by atoms with Crippen molar-refractivity contribution in [2.45, 2.75) is 13.8 Å². The van der Waals surface area contributed by atoms with Crippen molar-refractivity contribution in [2.24, 2.45) is 0 Å². The van der Waals surface area contributed by atoms with Crippen molar-refractivity contribution in [2.75, 3.05) is 18.1 Å². The minimum atomic E-state index is -2.17. The molecule has 0 saturated heterocycles. The number of anilines is 1. The molecule has 1 rings (SSSR count). The van der Waals surface area contributed by atoms with E-state index in [0.717, 1.165) is 5.30 Å². The molecule has 2 N–H and O–H groups in total. The van der Waals surface area contributed by atoms with Crippen LogP contribution in [0.1, 0.15) is 13.8 Å². The van der Waals surface area contributed by atoms with Crippen LogP contribution >= 0.6 is 7.14 Å². The van der Waals surface area contributed by atoms with Gasteiger partial charge in [-0.3, -0.25) is 0 Å². The highest BCUT2D eigenvalue weighted by Crippen LogP contribution is 2.42. The third-order valence-electron chi connectivity index (χ3n) is 2.26. The molecular formula is C9H15N2OP. The average molecular weight is 198 g/mol. The first kappa shape index (κ1) is 10.3. The van der Waals surface area contributed by atoms with Gasteiger partial charge in [-0.1, -0.05) is 13.8 Å². The standard InChI is InChI=1S/C9H15N2OP/c1-3-13(12,4-2)8-5-6-9(10)11-7-8/h5-7H,3-4H2,1-2H3,(H2,10,11). The van der Waals surface area contributed by atoms with Gasteiger partial charge in [0.25, 0.3) is 0 Å². The van der Waals surface area contributed by atoms with Gasteiger partial charge in [0.05, 0.1) is 0 Å². The van der Waals surface area contributed by atoms with Crippen LogP contribution in [0.2, 0.25) is 0 Å². The molecule has 0 spiro atoms. The second-order valence-electron chi connectivity index (χ2n) is 2.96. The van der Waals surface area contributed by atoms with Crippen molar-refractivity contribution in [1.82, 2.24) is 4.98 Å². The maximum atomic E-state index is 12.2. The number of nitrogens with two attached hydrogens (primary N) is 1. The normalized spacial score (nSPS) is 11.5. The Kier molecular flexibility index (Phi) is 3.10. The number of aromatic nitrogens is 1. The fourth-order valence-corrected chi connectivity index (χ4v) is 3.02. The van der Waals surface area contributed by atoms with Gasteiger partial charge >= 0.3 is 0 Å². The van der Waals surface area contributed by atoms with Crippen LogP contribution in [-0.2, 0) is 4.57 Å². The minimum absolute atomic E-state index is 0.475. The second-order valence-corrected chi connectivity index (χ2v) is 6.52. The summed E-state index contributed by atoms with van der Waals surface area (Å²) >= 11 is 0. The zero-order chi connectivity index (χ0) is 9.90. The highest BCUT2D eigenvalue weighted by Gasteiger charge is 2.19. The molecule has 0 aliphatic rings. The van der Waals surface area contributed by atoms with Crippen LogP contribution in [-0.4, -0.2) is 17.3 Å². The summed E-state index contributed by atoms with van der Waals surface area (Å²) in [4.78, 5) is 3.95. The first-order valence-corrected chi connectivity index (χ1v) is 6.50. The number of nitrogens with zero attached hydrogens (tertiary/aromatic N) is 1. The number of hydrogen-bond acceptors (Lipinski definition) is 3. The number of rotatable bonds is 3. The van der Waals surface area contributed by atoms with E-state index in [9.17, 15) is 4.57 Å². The van der Waals surface area contributed by atoms with E-state index in [2.05, 4.69) is 4.98 Å². The lowest BCUT2D eigenvalue weighted by Crippen LogP contribution is -2.09. The van der Waals surface area contributed by atoms with Gasteiger partial charge in [-0.05, 0) is 12.1 Å². The van der Waals surface area contributed by atoms with Crippen LogP contribution < -0.4 is 11.0 Å². The predicted molar refractivity (Wildman–Crippen MR) is 57.0 cm³/mol. The van der Waals surface area contributed by atoms with Crippen molar-refractivity contribution in [3.63, 3.8) is 0 Å². The zero-order valence-electron chi connectivity index (χ0n) is 8.03. The summed E-state index contributed by atoms with van der Waals surface area (Å²) in [6, 6.07) is 3.52. The van der Waals surface area contributed by atoms with E-state index in [1.54, 1.807) is 12.3 Å². The van der Waals surface area contributed by atoms with Crippen molar-refractivity contribution in [3.8, 4) is 0 Å². The van der Waals surface area contributed by atoms with Gasteiger partial charge in [-0.15, -0.1) is 0 Å². The molecule has 13 heavy (non-hydrogen) atoms. The lowest BCUT2D eigenvalue weighted by molar-refractivity contribution is 0.582. The van der Waals surface area contributed by atoms with Gasteiger partial charge in [0, 0.05) is 23.8 Å². The second kappa shape index (κ2) is 3.93. The van der Waals surface area contributed by atoms with Gasteiger partial charge in [0.1, 0.15) is 13.0 Å². The molecule has 0 radical (unpaired) electrons. The highest BCUT2D eigenvalue weighted by atomic mass is 31.2. The molecule has 0 atom stereocenters. The van der Waals surface area contributed by atoms with E-state index < -0.39 is 7.14 Å². The van der Waals surface area contributed by atoms with Crippen LogP contribution in [0.5, 0.6) is 0 Å². The van der Waals surface area contributed by atoms with E-state index in [4.69, 9.17) is 5.73 Å². The van der Waals surface area contributed by atoms with E-state index in [0.29, 0.717) is 18.1 Å². The van der Waals surface area contributed by atoms with E-state index in [1.165, 1.54) is 0 Å². The highest BCUT2D eigenvalue weighted by molar-refractivity contribution is 7.71. The van der Waals surface area contributed by atoms with Crippen molar-refractivity contribution in [3.05, 3.63) is 18.3 Å². The summed E-state index contributed by atoms with van der Waals surface area (Å²) in [5.41, 5.74) is 5.45. The van der Waals surface area contributed by atoms with Gasteiger partial charge in [-0.25, -0.2) is 4.98 Å². The average Bonchev–Trinajstić information content (AvgIpc) is 2.18. The number of pyridine rings is 1. The summed E-state index contributed by atoms with van der Waals surface area (Å²) in [5.74, 6) is 0.475. The monoisotopic (exact) mass is 198 g/mol. The molecule has 3 nitrogen and oxygen atoms in total. The van der Waals surface area contributed by atoms with E-state index in [-0.39, 0.29) is 0 Å². The summed E-state index contributed by atoms with van der Waals surface area (Å²) in [5, 5.41) is 0.840. The lowest BCUT2D eigenvalue weighted by atomic mass is 10.5. The smallest absolute Gasteiger partial charge is 0.123 e. The molecule has 0 aromatic carbocycles. The molecule has 0 aliphatic carbocycles. The Morgan fingerprint density at radius 3 is 2.38 bits per heavy atom. The Morgan fingerprint density at radius 1 is 1.38 bits per heavy atom. The molecule has 1 aromatic rings. The number of nitrogen functional groups attached to an aromatic ring is 1. The topological polar surface area (TPSA) is 56.0 Å². The molecule has 0 aliphatic heterocycles. The largest absolute Gasteiger partial charge is 0.384 e. The molecule has 0 saturated carbocycles. The maximum absolute atomic E-state index is 12.2. The van der Waals surface area contributed by atoms with Crippen LogP contribution in [0.3, 0.4) is 0 Å². The van der Waals surface area contributed by atoms with Crippen LogP contribution in [0.15, 0.2) is 18.3 Å². The molecular weight excluding hydrogens is 183 g/mol. The Morgan fingerprint density at radius 2 is 2.00 bits per heavy atom. The van der Waals surface area contributed by atoms with Crippen LogP contribution in [0.4, 0.5) is 5.82 Å². The molecule has 0 unspecified atom stereocenters. The summed E-state index contributed by atoms with van der Waals surface area (Å²) < 4.78 is 12.2. The van der Waals surface area contributed by atoms with Gasteiger partial charge < -0.3 is 10.3 Å². The number of hydrogen-bond donors (Lipinski definition) is 1. The van der Waals surface area contributed by atoms with E-state index in [1.807, 2.05) is 19.9 Å². The molecule has 0 fully saturated rings. The minimum Gasteiger partial charge on any atom is -0.384 e. The first-order chi connectivity index (χ1) is 6.12. The molecule has 0 bridgehead atoms. The lowest BCUT2D eigenvalue weighted by Gasteiger charge is -2.13. The third kappa shape index (κ3) is 2.10. The Bertz CT molecular complexity index is 313. The zero-order valence-corrected chi connectivity index (χ0v) is 8.92. The van der Waals surface area contributed by atoms with Crippen molar-refractivity contribution < 1.29 is 4.57 Å². The van der Waals surface area contributed by atoms with Gasteiger partial charge in [0.15, 0.2) is 0 Å². The third-order valence-corrected chi connectivity index (χ3v) is 5.51. The van der Waals surface area contributed by atoms with Crippen molar-refractivity contribution >= 4 is 18.3 Å². The summed E-state index contributed by atoms with van der Waals surface area (Å²) in [6.45, 7) is 3.89. The molecule has 0 amide bonds. The molecule has 72 valence electrons. The quantitative estimate of drug-likeness (QED) is 0.752. The summed E-state index contributed by atoms with van der Waals surface area (Å²) in [6.07, 6.45) is 3.01. The molecule has 1 heterocycles.